The number of amides is 3. The fourth-order valence-electron chi connectivity index (χ4n) is 7.96. The highest BCUT2D eigenvalue weighted by molar-refractivity contribution is 7.93. The number of hydrogen-bond acceptors (Lipinski definition) is 12. The molecule has 0 radical (unpaired) electrons. The molecule has 3 saturated heterocycles. The highest BCUT2D eigenvalue weighted by atomic mass is 32.2. The molecule has 4 aliphatic rings. The van der Waals surface area contributed by atoms with Gasteiger partial charge in [-0.15, -0.1) is 0 Å². The second kappa shape index (κ2) is 14.5. The molecule has 0 bridgehead atoms. The zero-order valence-electron chi connectivity index (χ0n) is 30.1. The standard InChI is InChI=1S/C37H43N7O8S/c1-24-31(23-52-24)42-14-11-26(12-15-42)41-16-18-43(19-17-41)36(46)40-37(28-6-5-13-39-34(28)51-4)29-20-25(22-38)7-9-30(29)44(35(37)45)53(47,48)33-10-8-27(49-2)21-32(33)50-3/h5-10,13,20-21,24,26,31H,11-12,14-19,23H2,1-4H3,(H,40,46). The molecule has 16 heteroatoms. The van der Waals surface area contributed by atoms with Crippen molar-refractivity contribution in [1.82, 2.24) is 25.0 Å². The van der Waals surface area contributed by atoms with E-state index in [9.17, 15) is 18.5 Å². The van der Waals surface area contributed by atoms with Gasteiger partial charge in [0.05, 0.1) is 63.0 Å². The van der Waals surface area contributed by atoms with Crippen molar-refractivity contribution >= 4 is 27.6 Å². The number of fused-ring (bicyclic) bond motifs is 1. The highest BCUT2D eigenvalue weighted by Gasteiger charge is 2.59. The molecule has 53 heavy (non-hydrogen) atoms. The molecule has 0 saturated carbocycles. The molecule has 3 amide bonds. The Balaban J connectivity index is 1.22. The Kier molecular flexibility index (Phi) is 9.94. The first-order chi connectivity index (χ1) is 25.6. The van der Waals surface area contributed by atoms with E-state index in [1.165, 1.54) is 63.9 Å². The van der Waals surface area contributed by atoms with Gasteiger partial charge in [-0.05, 0) is 62.2 Å². The number of benzene rings is 2. The Morgan fingerprint density at radius 3 is 2.34 bits per heavy atom. The number of nitrogens with zero attached hydrogens (tertiary/aromatic N) is 6. The van der Waals surface area contributed by atoms with Crippen LogP contribution < -0.4 is 23.8 Å². The van der Waals surface area contributed by atoms with E-state index in [0.717, 1.165) is 32.5 Å². The number of rotatable bonds is 9. The summed E-state index contributed by atoms with van der Waals surface area (Å²) in [5, 5.41) is 12.9. The normalized spacial score (nSPS) is 23.9. The summed E-state index contributed by atoms with van der Waals surface area (Å²) in [5.74, 6) is -0.715. The molecule has 15 nitrogen and oxygen atoms in total. The average Bonchev–Trinajstić information content (AvgIpc) is 3.44. The van der Waals surface area contributed by atoms with Crippen molar-refractivity contribution in [2.24, 2.45) is 0 Å². The summed E-state index contributed by atoms with van der Waals surface area (Å²) in [6.45, 7) is 6.99. The minimum atomic E-state index is -4.70. The van der Waals surface area contributed by atoms with Gasteiger partial charge in [-0.1, -0.05) is 0 Å². The molecule has 1 aromatic heterocycles. The molecule has 4 aliphatic heterocycles. The van der Waals surface area contributed by atoms with Crippen molar-refractivity contribution in [2.45, 2.75) is 48.4 Å². The SMILES string of the molecule is COc1ccc(S(=O)(=O)N2C(=O)C(NC(=O)N3CCN(C4CCN(C5COC5C)CC4)CC3)(c3cccnc3OC)c3cc(C#N)ccc32)c(OC)c1. The molecule has 0 spiro atoms. The van der Waals surface area contributed by atoms with Gasteiger partial charge in [0.15, 0.2) is 5.54 Å². The number of nitrogens with one attached hydrogen (secondary N) is 1. The summed E-state index contributed by atoms with van der Waals surface area (Å²) in [6, 6.07) is 13.9. The van der Waals surface area contributed by atoms with Crippen LogP contribution in [-0.4, -0.2) is 125 Å². The van der Waals surface area contributed by atoms with E-state index in [4.69, 9.17) is 18.9 Å². The number of anilines is 1. The zero-order chi connectivity index (χ0) is 37.5. The number of piperazine rings is 1. The quantitative estimate of drug-likeness (QED) is 0.341. The minimum absolute atomic E-state index is 0.00486. The number of methoxy groups -OCH3 is 3. The van der Waals surface area contributed by atoms with E-state index < -0.39 is 27.5 Å². The van der Waals surface area contributed by atoms with Gasteiger partial charge in [0, 0.05) is 63.1 Å². The lowest BCUT2D eigenvalue weighted by Gasteiger charge is -2.48. The van der Waals surface area contributed by atoms with Gasteiger partial charge in [-0.25, -0.2) is 18.2 Å². The third-order valence-corrected chi connectivity index (χ3v) is 12.7. The summed E-state index contributed by atoms with van der Waals surface area (Å²) in [7, 11) is -0.586. The number of aromatic nitrogens is 1. The van der Waals surface area contributed by atoms with Crippen LogP contribution >= 0.6 is 0 Å². The molecule has 0 aliphatic carbocycles. The van der Waals surface area contributed by atoms with Gasteiger partial charge < -0.3 is 29.2 Å². The Bertz CT molecular complexity index is 2040. The van der Waals surface area contributed by atoms with E-state index in [2.05, 4.69) is 33.1 Å². The topological polar surface area (TPSA) is 167 Å². The number of sulfonamides is 1. The van der Waals surface area contributed by atoms with Crippen LogP contribution in [0.2, 0.25) is 0 Å². The third kappa shape index (κ3) is 6.21. The number of pyridine rings is 1. The van der Waals surface area contributed by atoms with Crippen LogP contribution in [0.4, 0.5) is 10.5 Å². The lowest BCUT2D eigenvalue weighted by Crippen LogP contribution is -2.62. The molecular formula is C37H43N7O8S. The van der Waals surface area contributed by atoms with Gasteiger partial charge in [0.1, 0.15) is 16.4 Å². The van der Waals surface area contributed by atoms with E-state index in [-0.39, 0.29) is 45.0 Å². The molecule has 5 heterocycles. The lowest BCUT2D eigenvalue weighted by atomic mass is 9.83. The average molecular weight is 746 g/mol. The monoisotopic (exact) mass is 745 g/mol. The first-order valence-electron chi connectivity index (χ1n) is 17.6. The second-order valence-electron chi connectivity index (χ2n) is 13.6. The van der Waals surface area contributed by atoms with Crippen molar-refractivity contribution in [2.75, 3.05) is 71.5 Å². The molecule has 3 atom stereocenters. The molecular weight excluding hydrogens is 703 g/mol. The van der Waals surface area contributed by atoms with Crippen LogP contribution in [0.5, 0.6) is 17.4 Å². The van der Waals surface area contributed by atoms with E-state index >= 15 is 4.79 Å². The summed E-state index contributed by atoms with van der Waals surface area (Å²) >= 11 is 0. The van der Waals surface area contributed by atoms with E-state index in [1.54, 1.807) is 17.0 Å². The van der Waals surface area contributed by atoms with Crippen LogP contribution in [0, 0.1) is 11.3 Å². The zero-order valence-corrected chi connectivity index (χ0v) is 31.0. The van der Waals surface area contributed by atoms with Crippen LogP contribution in [0.3, 0.4) is 0 Å². The Labute approximate surface area is 309 Å². The van der Waals surface area contributed by atoms with Crippen molar-refractivity contribution < 1.29 is 37.0 Å². The molecule has 2 aromatic carbocycles. The number of carbonyl (C=O) groups is 2. The number of ether oxygens (including phenoxy) is 4. The predicted octanol–water partition coefficient (Wildman–Crippen LogP) is 2.54. The van der Waals surface area contributed by atoms with E-state index in [1.807, 2.05) is 0 Å². The van der Waals surface area contributed by atoms with Gasteiger partial charge in [0.25, 0.3) is 15.9 Å². The van der Waals surface area contributed by atoms with Gasteiger partial charge >= 0.3 is 6.03 Å². The van der Waals surface area contributed by atoms with Crippen molar-refractivity contribution in [1.29, 1.82) is 5.26 Å². The second-order valence-corrected chi connectivity index (χ2v) is 15.3. The van der Waals surface area contributed by atoms with Gasteiger partial charge in [-0.3, -0.25) is 14.6 Å². The Morgan fingerprint density at radius 2 is 1.72 bits per heavy atom. The Morgan fingerprint density at radius 1 is 0.962 bits per heavy atom. The lowest BCUT2D eigenvalue weighted by molar-refractivity contribution is -0.132. The van der Waals surface area contributed by atoms with Crippen LogP contribution in [0.1, 0.15) is 36.5 Å². The fraction of sp³-hybridized carbons (Fsp3) is 0.459. The number of likely N-dealkylation sites (tertiary alicyclic amines) is 1. The molecule has 3 fully saturated rings. The molecule has 3 unspecified atom stereocenters. The number of hydrogen-bond donors (Lipinski definition) is 1. The first-order valence-corrected chi connectivity index (χ1v) is 19.0. The first kappa shape index (κ1) is 36.4. The summed E-state index contributed by atoms with van der Waals surface area (Å²) in [5.41, 5.74) is -1.87. The minimum Gasteiger partial charge on any atom is -0.497 e. The maximum atomic E-state index is 15.2. The highest BCUT2D eigenvalue weighted by Crippen LogP contribution is 2.50. The van der Waals surface area contributed by atoms with E-state index in [0.29, 0.717) is 48.3 Å². The Hall–Kier alpha value is -4.95. The molecule has 7 rings (SSSR count). The molecule has 1 N–H and O–H groups in total. The number of urea groups is 1. The fourth-order valence-corrected chi connectivity index (χ4v) is 9.57. The van der Waals surface area contributed by atoms with Crippen LogP contribution in [0.25, 0.3) is 0 Å². The number of nitriles is 1. The van der Waals surface area contributed by atoms with Gasteiger partial charge in [0.2, 0.25) is 5.88 Å². The van der Waals surface area contributed by atoms with Crippen molar-refractivity contribution in [3.8, 4) is 23.4 Å². The molecule has 3 aromatic rings. The number of piperidine rings is 1. The van der Waals surface area contributed by atoms with Crippen molar-refractivity contribution in [3.63, 3.8) is 0 Å². The summed E-state index contributed by atoms with van der Waals surface area (Å²) in [6.07, 6.45) is 3.81. The summed E-state index contributed by atoms with van der Waals surface area (Å²) < 4.78 is 51.8. The third-order valence-electron chi connectivity index (χ3n) is 11.0. The number of carbonyl (C=O) groups excluding carboxylic acids is 2. The smallest absolute Gasteiger partial charge is 0.318 e. The predicted molar refractivity (Wildman–Crippen MR) is 192 cm³/mol. The van der Waals surface area contributed by atoms with Crippen molar-refractivity contribution in [3.05, 3.63) is 71.4 Å². The molecule has 280 valence electrons. The van der Waals surface area contributed by atoms with Gasteiger partial charge in [-0.2, -0.15) is 9.57 Å². The summed E-state index contributed by atoms with van der Waals surface area (Å²) in [4.78, 5) is 40.1. The van der Waals surface area contributed by atoms with Crippen LogP contribution in [-0.2, 0) is 25.1 Å². The largest absolute Gasteiger partial charge is 0.497 e. The van der Waals surface area contributed by atoms with Crippen LogP contribution in [0.15, 0.2) is 59.6 Å². The maximum absolute atomic E-state index is 15.2. The maximum Gasteiger partial charge on any atom is 0.318 e.